The molecule has 0 bridgehead atoms. The molecule has 1 heterocycles. The van der Waals surface area contributed by atoms with E-state index < -0.39 is 0 Å². The zero-order valence-electron chi connectivity index (χ0n) is 16.7. The molecule has 150 valence electrons. The number of nitrogens with zero attached hydrogens (tertiary/aromatic N) is 2. The smallest absolute Gasteiger partial charge is 0.251 e. The van der Waals surface area contributed by atoms with Gasteiger partial charge >= 0.3 is 0 Å². The number of amides is 2. The minimum atomic E-state index is -0.303. The lowest BCUT2D eigenvalue weighted by molar-refractivity contribution is -0.116. The number of anilines is 1. The van der Waals surface area contributed by atoms with Crippen LogP contribution in [0.2, 0.25) is 0 Å². The molecule has 0 aliphatic rings. The molecule has 0 spiro atoms. The van der Waals surface area contributed by atoms with Crippen molar-refractivity contribution < 1.29 is 9.59 Å². The lowest BCUT2D eigenvalue weighted by Crippen LogP contribution is -2.34. The van der Waals surface area contributed by atoms with Crippen LogP contribution in [-0.2, 0) is 11.3 Å². The van der Waals surface area contributed by atoms with Crippen LogP contribution in [0.4, 0.5) is 5.69 Å². The minimum absolute atomic E-state index is 0.0628. The fourth-order valence-electron chi connectivity index (χ4n) is 2.77. The molecule has 0 aliphatic heterocycles. The number of benzene rings is 1. The van der Waals surface area contributed by atoms with Crippen LogP contribution in [0.15, 0.2) is 47.4 Å². The summed E-state index contributed by atoms with van der Waals surface area (Å²) in [4.78, 5) is 38.4. The Morgan fingerprint density at radius 2 is 1.75 bits per heavy atom. The average Bonchev–Trinajstić information content (AvgIpc) is 2.68. The predicted molar refractivity (Wildman–Crippen MR) is 111 cm³/mol. The SMILES string of the molecule is CCN(CC)CCNC(=O)c1ccc(NC(=O)Cn2ccc(C)cc2=O)cc1. The molecule has 2 rings (SSSR count). The highest BCUT2D eigenvalue weighted by molar-refractivity contribution is 5.95. The molecule has 0 fully saturated rings. The van der Waals surface area contributed by atoms with Crippen molar-refractivity contribution in [1.29, 1.82) is 0 Å². The summed E-state index contributed by atoms with van der Waals surface area (Å²) in [6, 6.07) is 9.95. The highest BCUT2D eigenvalue weighted by Gasteiger charge is 2.08. The van der Waals surface area contributed by atoms with Crippen molar-refractivity contribution in [2.24, 2.45) is 0 Å². The summed E-state index contributed by atoms with van der Waals surface area (Å²) in [6.45, 7) is 9.25. The van der Waals surface area contributed by atoms with Crippen LogP contribution in [0.25, 0.3) is 0 Å². The van der Waals surface area contributed by atoms with Gasteiger partial charge in [-0.15, -0.1) is 0 Å². The van der Waals surface area contributed by atoms with Crippen LogP contribution in [0.1, 0.15) is 29.8 Å². The third kappa shape index (κ3) is 6.35. The summed E-state index contributed by atoms with van der Waals surface area (Å²) in [6.07, 6.45) is 1.60. The fourth-order valence-corrected chi connectivity index (χ4v) is 2.77. The van der Waals surface area contributed by atoms with E-state index >= 15 is 0 Å². The van der Waals surface area contributed by atoms with Gasteiger partial charge in [-0.25, -0.2) is 0 Å². The van der Waals surface area contributed by atoms with Gasteiger partial charge in [0, 0.05) is 36.6 Å². The topological polar surface area (TPSA) is 83.4 Å². The molecule has 0 unspecified atom stereocenters. The maximum atomic E-state index is 12.2. The number of carbonyl (C=O) groups excluding carboxylic acids is 2. The van der Waals surface area contributed by atoms with Crippen LogP contribution < -0.4 is 16.2 Å². The Kier molecular flexibility index (Phi) is 7.95. The normalized spacial score (nSPS) is 10.7. The number of hydrogen-bond donors (Lipinski definition) is 2. The van der Waals surface area contributed by atoms with Gasteiger partial charge in [-0.1, -0.05) is 13.8 Å². The first kappa shape index (κ1) is 21.4. The van der Waals surface area contributed by atoms with Gasteiger partial charge in [0.2, 0.25) is 5.91 Å². The van der Waals surface area contributed by atoms with E-state index in [1.807, 2.05) is 6.92 Å². The lowest BCUT2D eigenvalue weighted by atomic mass is 10.2. The Balaban J connectivity index is 1.87. The first-order valence-electron chi connectivity index (χ1n) is 9.50. The van der Waals surface area contributed by atoms with Crippen LogP contribution in [0.5, 0.6) is 0 Å². The molecule has 7 heteroatoms. The summed E-state index contributed by atoms with van der Waals surface area (Å²) < 4.78 is 1.35. The second kappa shape index (κ2) is 10.4. The van der Waals surface area contributed by atoms with Crippen molar-refractivity contribution >= 4 is 17.5 Å². The van der Waals surface area contributed by atoms with Crippen molar-refractivity contribution in [3.63, 3.8) is 0 Å². The molecule has 1 aromatic carbocycles. The Bertz CT molecular complexity index is 855. The van der Waals surface area contributed by atoms with Crippen LogP contribution in [-0.4, -0.2) is 47.5 Å². The number of aryl methyl sites for hydroxylation is 1. The highest BCUT2D eigenvalue weighted by atomic mass is 16.2. The van der Waals surface area contributed by atoms with Gasteiger partial charge in [0.15, 0.2) is 0 Å². The van der Waals surface area contributed by atoms with Gasteiger partial charge in [0.25, 0.3) is 11.5 Å². The summed E-state index contributed by atoms with van der Waals surface area (Å²) >= 11 is 0. The quantitative estimate of drug-likeness (QED) is 0.691. The number of likely N-dealkylation sites (N-methyl/N-ethyl adjacent to an activating group) is 1. The van der Waals surface area contributed by atoms with Crippen molar-refractivity contribution in [2.75, 3.05) is 31.5 Å². The van der Waals surface area contributed by atoms with Gasteiger partial charge in [0.05, 0.1) is 0 Å². The Morgan fingerprint density at radius 1 is 1.07 bits per heavy atom. The molecule has 0 aliphatic carbocycles. The van der Waals surface area contributed by atoms with Crippen molar-refractivity contribution in [3.8, 4) is 0 Å². The van der Waals surface area contributed by atoms with Crippen LogP contribution in [0.3, 0.4) is 0 Å². The molecule has 0 saturated heterocycles. The van der Waals surface area contributed by atoms with Gasteiger partial charge in [-0.05, 0) is 55.9 Å². The largest absolute Gasteiger partial charge is 0.351 e. The van der Waals surface area contributed by atoms with Crippen molar-refractivity contribution in [3.05, 3.63) is 64.1 Å². The number of aromatic nitrogens is 1. The van der Waals surface area contributed by atoms with E-state index in [2.05, 4.69) is 29.4 Å². The Morgan fingerprint density at radius 3 is 2.36 bits per heavy atom. The monoisotopic (exact) mass is 384 g/mol. The summed E-state index contributed by atoms with van der Waals surface area (Å²) in [5.41, 5.74) is 1.75. The molecule has 28 heavy (non-hydrogen) atoms. The maximum absolute atomic E-state index is 12.2. The third-order valence-corrected chi connectivity index (χ3v) is 4.50. The lowest BCUT2D eigenvalue weighted by Gasteiger charge is -2.18. The van der Waals surface area contributed by atoms with E-state index in [4.69, 9.17) is 0 Å². The second-order valence-electron chi connectivity index (χ2n) is 6.58. The first-order chi connectivity index (χ1) is 13.4. The Labute approximate surface area is 165 Å². The minimum Gasteiger partial charge on any atom is -0.351 e. The van der Waals surface area contributed by atoms with E-state index in [9.17, 15) is 14.4 Å². The number of nitrogens with one attached hydrogen (secondary N) is 2. The van der Waals surface area contributed by atoms with E-state index in [0.29, 0.717) is 17.8 Å². The molecule has 0 radical (unpaired) electrons. The summed E-state index contributed by atoms with van der Waals surface area (Å²) in [7, 11) is 0. The average molecular weight is 384 g/mol. The number of pyridine rings is 1. The molecule has 1 aromatic heterocycles. The number of rotatable bonds is 9. The van der Waals surface area contributed by atoms with E-state index in [0.717, 1.165) is 25.2 Å². The summed E-state index contributed by atoms with van der Waals surface area (Å²) in [5, 5.41) is 5.63. The predicted octanol–water partition coefficient (Wildman–Crippen LogP) is 1.87. The van der Waals surface area contributed by atoms with E-state index in [1.165, 1.54) is 10.6 Å². The summed E-state index contributed by atoms with van der Waals surface area (Å²) in [5.74, 6) is -0.446. The number of hydrogen-bond acceptors (Lipinski definition) is 4. The fraction of sp³-hybridized carbons (Fsp3) is 0.381. The van der Waals surface area contributed by atoms with Gasteiger partial charge in [0.1, 0.15) is 6.54 Å². The zero-order chi connectivity index (χ0) is 20.5. The third-order valence-electron chi connectivity index (χ3n) is 4.50. The van der Waals surface area contributed by atoms with Gasteiger partial charge < -0.3 is 20.1 Å². The van der Waals surface area contributed by atoms with Crippen LogP contribution >= 0.6 is 0 Å². The highest BCUT2D eigenvalue weighted by Crippen LogP contribution is 2.09. The molecule has 2 amide bonds. The molecule has 7 nitrogen and oxygen atoms in total. The van der Waals surface area contributed by atoms with E-state index in [1.54, 1.807) is 36.5 Å². The molecule has 2 N–H and O–H groups in total. The second-order valence-corrected chi connectivity index (χ2v) is 6.58. The van der Waals surface area contributed by atoms with Crippen LogP contribution in [0, 0.1) is 6.92 Å². The molecular weight excluding hydrogens is 356 g/mol. The van der Waals surface area contributed by atoms with Crippen molar-refractivity contribution in [1.82, 2.24) is 14.8 Å². The first-order valence-corrected chi connectivity index (χ1v) is 9.50. The molecular formula is C21H28N4O3. The molecule has 2 aromatic rings. The number of carbonyl (C=O) groups is 2. The van der Waals surface area contributed by atoms with E-state index in [-0.39, 0.29) is 23.9 Å². The molecule has 0 saturated carbocycles. The molecule has 0 atom stereocenters. The Hall–Kier alpha value is -2.93. The van der Waals surface area contributed by atoms with Gasteiger partial charge in [-0.3, -0.25) is 14.4 Å². The standard InChI is InChI=1S/C21H28N4O3/c1-4-24(5-2)13-11-22-21(28)17-6-8-18(9-7-17)23-19(26)15-25-12-10-16(3)14-20(25)27/h6-10,12,14H,4-5,11,13,15H2,1-3H3,(H,22,28)(H,23,26). The zero-order valence-corrected chi connectivity index (χ0v) is 16.7. The van der Waals surface area contributed by atoms with Crippen molar-refractivity contribution in [2.45, 2.75) is 27.3 Å². The maximum Gasteiger partial charge on any atom is 0.251 e. The van der Waals surface area contributed by atoms with Gasteiger partial charge in [-0.2, -0.15) is 0 Å².